The molecule has 0 spiro atoms. The summed E-state index contributed by atoms with van der Waals surface area (Å²) in [4.78, 5) is 27.2. The van der Waals surface area contributed by atoms with E-state index in [0.29, 0.717) is 38.5 Å². The van der Waals surface area contributed by atoms with Crippen LogP contribution in [0, 0.1) is 6.92 Å². The lowest BCUT2D eigenvalue weighted by Crippen LogP contribution is -2.42. The molecule has 0 unspecified atom stereocenters. The lowest BCUT2D eigenvalue weighted by molar-refractivity contribution is -0.139. The molecule has 1 saturated heterocycles. The maximum absolute atomic E-state index is 12.5. The zero-order valence-electron chi connectivity index (χ0n) is 14.2. The quantitative estimate of drug-likeness (QED) is 0.832. The SMILES string of the molecule is CCc1nccn1CCC(=O)N1CCO[C@@H](c2ccnc(C)n2)C1. The van der Waals surface area contributed by atoms with Crippen LogP contribution in [0.2, 0.25) is 0 Å². The standard InChI is InChI=1S/C17H23N5O2/c1-3-16-19-7-9-21(16)8-5-17(23)22-10-11-24-15(12-22)14-4-6-18-13(2)20-14/h4,6-7,9,15H,3,5,8,10-12H2,1-2H3/t15-/m1/s1. The Hall–Kier alpha value is -2.28. The average Bonchev–Trinajstić information content (AvgIpc) is 3.07. The first-order chi connectivity index (χ1) is 11.7. The molecule has 7 heteroatoms. The molecular weight excluding hydrogens is 306 g/mol. The van der Waals surface area contributed by atoms with E-state index in [0.717, 1.165) is 17.9 Å². The highest BCUT2D eigenvalue weighted by Gasteiger charge is 2.26. The molecule has 0 N–H and O–H groups in total. The van der Waals surface area contributed by atoms with Crippen molar-refractivity contribution in [1.29, 1.82) is 0 Å². The molecule has 1 aliphatic heterocycles. The van der Waals surface area contributed by atoms with E-state index in [2.05, 4.69) is 21.9 Å². The molecular formula is C17H23N5O2. The van der Waals surface area contributed by atoms with Crippen molar-refractivity contribution in [2.24, 2.45) is 0 Å². The smallest absolute Gasteiger partial charge is 0.224 e. The minimum atomic E-state index is -0.177. The van der Waals surface area contributed by atoms with Crippen LogP contribution in [0.1, 0.15) is 36.8 Å². The molecule has 1 aliphatic rings. The minimum absolute atomic E-state index is 0.143. The number of ether oxygens (including phenoxy) is 1. The van der Waals surface area contributed by atoms with Crippen LogP contribution in [-0.4, -0.2) is 50.0 Å². The van der Waals surface area contributed by atoms with E-state index in [1.807, 2.05) is 28.7 Å². The summed E-state index contributed by atoms with van der Waals surface area (Å²) in [6, 6.07) is 1.85. The lowest BCUT2D eigenvalue weighted by atomic mass is 10.2. The largest absolute Gasteiger partial charge is 0.368 e. The summed E-state index contributed by atoms with van der Waals surface area (Å²) in [5.41, 5.74) is 0.836. The van der Waals surface area contributed by atoms with Gasteiger partial charge in [-0.05, 0) is 13.0 Å². The Kier molecular flexibility index (Phi) is 5.20. The molecule has 2 aromatic heterocycles. The van der Waals surface area contributed by atoms with E-state index in [4.69, 9.17) is 4.74 Å². The zero-order valence-corrected chi connectivity index (χ0v) is 14.2. The number of carbonyl (C=O) groups excluding carboxylic acids is 1. The predicted octanol–water partition coefficient (Wildman–Crippen LogP) is 1.53. The molecule has 3 heterocycles. The molecule has 1 atom stereocenters. The van der Waals surface area contributed by atoms with Crippen molar-refractivity contribution in [3.8, 4) is 0 Å². The van der Waals surface area contributed by atoms with Crippen molar-refractivity contribution < 1.29 is 9.53 Å². The molecule has 0 bridgehead atoms. The summed E-state index contributed by atoms with van der Waals surface area (Å²) in [5.74, 6) is 1.87. The van der Waals surface area contributed by atoms with Crippen molar-refractivity contribution in [1.82, 2.24) is 24.4 Å². The Labute approximate surface area is 141 Å². The van der Waals surface area contributed by atoms with Crippen LogP contribution >= 0.6 is 0 Å². The van der Waals surface area contributed by atoms with Crippen molar-refractivity contribution in [3.05, 3.63) is 42.0 Å². The topological polar surface area (TPSA) is 73.1 Å². The van der Waals surface area contributed by atoms with Crippen LogP contribution < -0.4 is 0 Å². The molecule has 1 amide bonds. The molecule has 128 valence electrons. The van der Waals surface area contributed by atoms with E-state index in [-0.39, 0.29) is 12.0 Å². The Balaban J connectivity index is 1.59. The molecule has 3 rings (SSSR count). The number of hydrogen-bond acceptors (Lipinski definition) is 5. The summed E-state index contributed by atoms with van der Waals surface area (Å²) in [6.07, 6.45) is 6.60. The number of aryl methyl sites for hydroxylation is 3. The first-order valence-electron chi connectivity index (χ1n) is 8.36. The molecule has 0 aliphatic carbocycles. The third-order valence-electron chi connectivity index (χ3n) is 4.23. The zero-order chi connectivity index (χ0) is 16.9. The summed E-state index contributed by atoms with van der Waals surface area (Å²) >= 11 is 0. The molecule has 0 saturated carbocycles. The fourth-order valence-corrected chi connectivity index (χ4v) is 2.94. The molecule has 0 radical (unpaired) electrons. The fourth-order valence-electron chi connectivity index (χ4n) is 2.94. The van der Waals surface area contributed by atoms with Gasteiger partial charge in [-0.1, -0.05) is 6.92 Å². The third kappa shape index (κ3) is 3.79. The second kappa shape index (κ2) is 7.53. The van der Waals surface area contributed by atoms with Crippen LogP contribution in [0.25, 0.3) is 0 Å². The van der Waals surface area contributed by atoms with Gasteiger partial charge in [0.05, 0.1) is 18.8 Å². The van der Waals surface area contributed by atoms with Crippen LogP contribution in [-0.2, 0) is 22.5 Å². The second-order valence-electron chi connectivity index (χ2n) is 5.87. The van der Waals surface area contributed by atoms with Crippen LogP contribution in [0.3, 0.4) is 0 Å². The monoisotopic (exact) mass is 329 g/mol. The van der Waals surface area contributed by atoms with E-state index in [1.54, 1.807) is 12.4 Å². The van der Waals surface area contributed by atoms with E-state index >= 15 is 0 Å². The number of amides is 1. The summed E-state index contributed by atoms with van der Waals surface area (Å²) in [6.45, 7) is 6.29. The Morgan fingerprint density at radius 2 is 2.25 bits per heavy atom. The van der Waals surface area contributed by atoms with Crippen LogP contribution in [0.5, 0.6) is 0 Å². The van der Waals surface area contributed by atoms with Gasteiger partial charge in [0.15, 0.2) is 0 Å². The summed E-state index contributed by atoms with van der Waals surface area (Å²) in [5, 5.41) is 0. The summed E-state index contributed by atoms with van der Waals surface area (Å²) in [7, 11) is 0. The van der Waals surface area contributed by atoms with Gasteiger partial charge in [-0.25, -0.2) is 15.0 Å². The van der Waals surface area contributed by atoms with Gasteiger partial charge in [0.2, 0.25) is 5.91 Å². The van der Waals surface area contributed by atoms with Crippen LogP contribution in [0.15, 0.2) is 24.7 Å². The molecule has 1 fully saturated rings. The van der Waals surface area contributed by atoms with E-state index in [9.17, 15) is 4.79 Å². The third-order valence-corrected chi connectivity index (χ3v) is 4.23. The number of aromatic nitrogens is 4. The number of morpholine rings is 1. The van der Waals surface area contributed by atoms with Crippen LogP contribution in [0.4, 0.5) is 0 Å². The highest BCUT2D eigenvalue weighted by molar-refractivity contribution is 5.76. The molecule has 2 aromatic rings. The van der Waals surface area contributed by atoms with Gasteiger partial charge in [0.25, 0.3) is 0 Å². The Morgan fingerprint density at radius 1 is 1.38 bits per heavy atom. The molecule has 24 heavy (non-hydrogen) atoms. The highest BCUT2D eigenvalue weighted by atomic mass is 16.5. The van der Waals surface area contributed by atoms with Crippen molar-refractivity contribution in [2.75, 3.05) is 19.7 Å². The maximum Gasteiger partial charge on any atom is 0.224 e. The minimum Gasteiger partial charge on any atom is -0.368 e. The number of imidazole rings is 1. The van der Waals surface area contributed by atoms with E-state index < -0.39 is 0 Å². The van der Waals surface area contributed by atoms with Gasteiger partial charge in [-0.2, -0.15) is 0 Å². The average molecular weight is 329 g/mol. The van der Waals surface area contributed by atoms with Gasteiger partial charge >= 0.3 is 0 Å². The van der Waals surface area contributed by atoms with E-state index in [1.165, 1.54) is 0 Å². The first kappa shape index (κ1) is 16.6. The number of rotatable bonds is 5. The highest BCUT2D eigenvalue weighted by Crippen LogP contribution is 2.21. The van der Waals surface area contributed by atoms with Gasteiger partial charge in [-0.15, -0.1) is 0 Å². The lowest BCUT2D eigenvalue weighted by Gasteiger charge is -2.32. The van der Waals surface area contributed by atoms with Crippen molar-refractivity contribution in [2.45, 2.75) is 39.3 Å². The maximum atomic E-state index is 12.5. The first-order valence-corrected chi connectivity index (χ1v) is 8.36. The summed E-state index contributed by atoms with van der Waals surface area (Å²) < 4.78 is 7.83. The van der Waals surface area contributed by atoms with Crippen molar-refractivity contribution in [3.63, 3.8) is 0 Å². The van der Waals surface area contributed by atoms with Gasteiger partial charge in [-0.3, -0.25) is 4.79 Å². The fraction of sp³-hybridized carbons (Fsp3) is 0.529. The number of hydrogen-bond donors (Lipinski definition) is 0. The van der Waals surface area contributed by atoms with Crippen molar-refractivity contribution >= 4 is 5.91 Å². The predicted molar refractivity (Wildman–Crippen MR) is 88.3 cm³/mol. The Bertz CT molecular complexity index is 700. The molecule has 7 nitrogen and oxygen atoms in total. The number of nitrogens with zero attached hydrogens (tertiary/aromatic N) is 5. The van der Waals surface area contributed by atoms with Gasteiger partial charge in [0.1, 0.15) is 17.8 Å². The van der Waals surface area contributed by atoms with Gasteiger partial charge in [0, 0.05) is 44.5 Å². The second-order valence-corrected chi connectivity index (χ2v) is 5.87. The molecule has 0 aromatic carbocycles. The normalized spacial score (nSPS) is 17.9. The Morgan fingerprint density at radius 3 is 3.04 bits per heavy atom. The van der Waals surface area contributed by atoms with Gasteiger partial charge < -0.3 is 14.2 Å². The number of carbonyl (C=O) groups is 1.